The van der Waals surface area contributed by atoms with Crippen molar-refractivity contribution in [2.75, 3.05) is 6.61 Å². The third-order valence-corrected chi connectivity index (χ3v) is 4.55. The van der Waals surface area contributed by atoms with Crippen molar-refractivity contribution in [2.45, 2.75) is 26.2 Å². The van der Waals surface area contributed by atoms with E-state index in [1.807, 2.05) is 6.92 Å². The summed E-state index contributed by atoms with van der Waals surface area (Å²) >= 11 is 0. The van der Waals surface area contributed by atoms with Gasteiger partial charge in [-0.15, -0.1) is 0 Å². The lowest BCUT2D eigenvalue weighted by atomic mass is 9.62. The van der Waals surface area contributed by atoms with Crippen LogP contribution in [0, 0.1) is 29.6 Å². The van der Waals surface area contributed by atoms with E-state index in [1.54, 1.807) is 0 Å². The first-order chi connectivity index (χ1) is 7.31. The molecule has 0 spiro atoms. The molecule has 5 atom stereocenters. The highest BCUT2D eigenvalue weighted by Crippen LogP contribution is 2.56. The van der Waals surface area contributed by atoms with E-state index in [4.69, 9.17) is 4.74 Å². The fourth-order valence-electron chi connectivity index (χ4n) is 4.01. The maximum absolute atomic E-state index is 11.9. The van der Waals surface area contributed by atoms with Gasteiger partial charge in [0.2, 0.25) is 0 Å². The van der Waals surface area contributed by atoms with E-state index < -0.39 is 0 Å². The minimum absolute atomic E-state index is 0.0576. The molecule has 0 aromatic heterocycles. The number of carbonyl (C=O) groups is 1. The van der Waals surface area contributed by atoms with Crippen LogP contribution in [0.4, 0.5) is 0 Å². The minimum Gasteiger partial charge on any atom is -0.466 e. The molecule has 3 unspecified atom stereocenters. The van der Waals surface area contributed by atoms with Gasteiger partial charge in [0.15, 0.2) is 0 Å². The van der Waals surface area contributed by atoms with Gasteiger partial charge in [-0.1, -0.05) is 12.2 Å². The Balaban J connectivity index is 1.86. The molecule has 4 rings (SSSR count). The summed E-state index contributed by atoms with van der Waals surface area (Å²) in [5.41, 5.74) is 0. The van der Waals surface area contributed by atoms with Gasteiger partial charge in [0.05, 0.1) is 12.5 Å². The number of hydrogen-bond donors (Lipinski definition) is 0. The number of ether oxygens (including phenoxy) is 1. The van der Waals surface area contributed by atoms with E-state index in [9.17, 15) is 4.79 Å². The van der Waals surface area contributed by atoms with Crippen molar-refractivity contribution in [3.8, 4) is 0 Å². The largest absolute Gasteiger partial charge is 0.466 e. The zero-order chi connectivity index (χ0) is 10.4. The highest BCUT2D eigenvalue weighted by Gasteiger charge is 2.52. The molecule has 0 N–H and O–H groups in total. The van der Waals surface area contributed by atoms with Crippen LogP contribution in [0.1, 0.15) is 26.2 Å². The topological polar surface area (TPSA) is 26.3 Å². The van der Waals surface area contributed by atoms with Crippen molar-refractivity contribution in [2.24, 2.45) is 29.6 Å². The van der Waals surface area contributed by atoms with Gasteiger partial charge in [-0.3, -0.25) is 4.79 Å². The molecule has 0 heterocycles. The van der Waals surface area contributed by atoms with Crippen LogP contribution >= 0.6 is 0 Å². The summed E-state index contributed by atoms with van der Waals surface area (Å²) in [4.78, 5) is 11.9. The number of hydrogen-bond acceptors (Lipinski definition) is 2. The van der Waals surface area contributed by atoms with Gasteiger partial charge in [-0.25, -0.2) is 0 Å². The number of allylic oxidation sites excluding steroid dienone is 2. The summed E-state index contributed by atoms with van der Waals surface area (Å²) in [7, 11) is 0. The number of esters is 1. The van der Waals surface area contributed by atoms with Crippen molar-refractivity contribution in [3.05, 3.63) is 12.2 Å². The van der Waals surface area contributed by atoms with Crippen LogP contribution in [0.3, 0.4) is 0 Å². The maximum Gasteiger partial charge on any atom is 0.309 e. The van der Waals surface area contributed by atoms with E-state index in [1.165, 1.54) is 19.3 Å². The Kier molecular flexibility index (Phi) is 2.11. The molecule has 2 nitrogen and oxygen atoms in total. The van der Waals surface area contributed by atoms with E-state index in [0.29, 0.717) is 24.4 Å². The van der Waals surface area contributed by atoms with Gasteiger partial charge in [-0.2, -0.15) is 0 Å². The predicted molar refractivity (Wildman–Crippen MR) is 57.1 cm³/mol. The van der Waals surface area contributed by atoms with Crippen LogP contribution in [0.2, 0.25) is 0 Å². The monoisotopic (exact) mass is 206 g/mol. The van der Waals surface area contributed by atoms with Crippen molar-refractivity contribution in [1.82, 2.24) is 0 Å². The van der Waals surface area contributed by atoms with Gasteiger partial charge in [0.1, 0.15) is 0 Å². The predicted octanol–water partition coefficient (Wildman–Crippen LogP) is 2.40. The Morgan fingerprint density at radius 1 is 1.40 bits per heavy atom. The molecule has 0 aliphatic heterocycles. The third-order valence-electron chi connectivity index (χ3n) is 4.55. The summed E-state index contributed by atoms with van der Waals surface area (Å²) in [6, 6.07) is 0. The summed E-state index contributed by atoms with van der Waals surface area (Å²) in [6.45, 7) is 2.42. The second-order valence-corrected chi connectivity index (χ2v) is 5.14. The molecule has 2 saturated carbocycles. The molecule has 0 amide bonds. The van der Waals surface area contributed by atoms with Gasteiger partial charge in [0, 0.05) is 0 Å². The SMILES string of the molecule is CCOC(=O)C1C2CCC3C[C@@H]1C=C[C@H]32. The van der Waals surface area contributed by atoms with Gasteiger partial charge < -0.3 is 4.74 Å². The van der Waals surface area contributed by atoms with Gasteiger partial charge in [0.25, 0.3) is 0 Å². The van der Waals surface area contributed by atoms with Crippen molar-refractivity contribution in [1.29, 1.82) is 0 Å². The van der Waals surface area contributed by atoms with Gasteiger partial charge >= 0.3 is 5.97 Å². The van der Waals surface area contributed by atoms with Crippen LogP contribution in [-0.4, -0.2) is 12.6 Å². The summed E-state index contributed by atoms with van der Waals surface area (Å²) < 4.78 is 5.21. The Bertz CT molecular complexity index is 308. The van der Waals surface area contributed by atoms with Crippen molar-refractivity contribution in [3.63, 3.8) is 0 Å². The van der Waals surface area contributed by atoms with Crippen LogP contribution in [-0.2, 0) is 9.53 Å². The first kappa shape index (κ1) is 9.44. The lowest BCUT2D eigenvalue weighted by molar-refractivity contribution is -0.154. The standard InChI is InChI=1S/C13H18O2/c1-2-15-13(14)12-9-4-5-10-8(7-9)3-6-11(10)12/h4-5,8-12H,2-3,6-7H2,1H3/t8?,9-,10+,11?,12?/m0/s1. The lowest BCUT2D eigenvalue weighted by Crippen LogP contribution is -2.41. The highest BCUT2D eigenvalue weighted by molar-refractivity contribution is 5.74. The molecule has 15 heavy (non-hydrogen) atoms. The van der Waals surface area contributed by atoms with E-state index in [2.05, 4.69) is 12.2 Å². The molecule has 4 bridgehead atoms. The fourth-order valence-corrected chi connectivity index (χ4v) is 4.01. The number of carbonyl (C=O) groups excluding carboxylic acids is 1. The molecule has 4 aliphatic rings. The van der Waals surface area contributed by atoms with Crippen molar-refractivity contribution < 1.29 is 9.53 Å². The molecule has 2 fully saturated rings. The molecule has 0 radical (unpaired) electrons. The molecular weight excluding hydrogens is 188 g/mol. The summed E-state index contributed by atoms with van der Waals surface area (Å²) in [6.07, 6.45) is 8.42. The van der Waals surface area contributed by atoms with Crippen LogP contribution in [0.15, 0.2) is 12.2 Å². The molecule has 4 aliphatic carbocycles. The Hall–Kier alpha value is -0.790. The average Bonchev–Trinajstić information content (AvgIpc) is 2.58. The highest BCUT2D eigenvalue weighted by atomic mass is 16.5. The maximum atomic E-state index is 11.9. The zero-order valence-electron chi connectivity index (χ0n) is 9.19. The van der Waals surface area contributed by atoms with E-state index in [-0.39, 0.29) is 11.9 Å². The van der Waals surface area contributed by atoms with Crippen LogP contribution in [0.25, 0.3) is 0 Å². The van der Waals surface area contributed by atoms with Crippen molar-refractivity contribution >= 4 is 5.97 Å². The summed E-state index contributed by atoms with van der Waals surface area (Å²) in [5, 5.41) is 0. The van der Waals surface area contributed by atoms with Gasteiger partial charge in [-0.05, 0) is 49.9 Å². The minimum atomic E-state index is 0.0576. The quantitative estimate of drug-likeness (QED) is 0.512. The summed E-state index contributed by atoms with van der Waals surface area (Å²) in [5.74, 6) is 2.87. The Labute approximate surface area is 90.7 Å². The Morgan fingerprint density at radius 3 is 3.07 bits per heavy atom. The second-order valence-electron chi connectivity index (χ2n) is 5.14. The Morgan fingerprint density at radius 2 is 2.27 bits per heavy atom. The molecule has 82 valence electrons. The third kappa shape index (κ3) is 1.27. The smallest absolute Gasteiger partial charge is 0.309 e. The molecular formula is C13H18O2. The van der Waals surface area contributed by atoms with E-state index in [0.717, 1.165) is 5.92 Å². The van der Waals surface area contributed by atoms with E-state index >= 15 is 0 Å². The normalized spacial score (nSPS) is 45.8. The molecule has 0 aromatic carbocycles. The first-order valence-electron chi connectivity index (χ1n) is 6.16. The second kappa shape index (κ2) is 3.36. The average molecular weight is 206 g/mol. The molecule has 0 aromatic rings. The van der Waals surface area contributed by atoms with Crippen LogP contribution < -0.4 is 0 Å². The lowest BCUT2D eigenvalue weighted by Gasteiger charge is -2.42. The molecule has 2 heteroatoms. The number of rotatable bonds is 2. The van der Waals surface area contributed by atoms with Crippen LogP contribution in [0.5, 0.6) is 0 Å². The molecule has 0 saturated heterocycles. The zero-order valence-corrected chi connectivity index (χ0v) is 9.19. The fraction of sp³-hybridized carbons (Fsp3) is 0.769. The first-order valence-corrected chi connectivity index (χ1v) is 6.16.